The fourth-order valence-corrected chi connectivity index (χ4v) is 1.72. The summed E-state index contributed by atoms with van der Waals surface area (Å²) in [5.41, 5.74) is 4.17. The van der Waals surface area contributed by atoms with Gasteiger partial charge in [0, 0.05) is 17.6 Å². The Hall–Kier alpha value is -2.40. The summed E-state index contributed by atoms with van der Waals surface area (Å²) < 4.78 is 5.45. The van der Waals surface area contributed by atoms with Crippen LogP contribution in [-0.2, 0) is 0 Å². The van der Waals surface area contributed by atoms with Crippen LogP contribution in [0.1, 0.15) is 0 Å². The highest BCUT2D eigenvalue weighted by Crippen LogP contribution is 2.28. The lowest BCUT2D eigenvalue weighted by atomic mass is 10.1. The molecule has 2 aromatic heterocycles. The molecule has 3 aromatic rings. The molecular weight excluding hydrogens is 216 g/mol. The summed E-state index contributed by atoms with van der Waals surface area (Å²) in [6, 6.07) is 9.45. The van der Waals surface area contributed by atoms with Gasteiger partial charge in [0.15, 0.2) is 5.82 Å². The number of nitrogens with zero attached hydrogens (tertiary/aromatic N) is 2. The average Bonchev–Trinajstić information content (AvgIpc) is 2.82. The van der Waals surface area contributed by atoms with Crippen molar-refractivity contribution < 1.29 is 4.42 Å². The van der Waals surface area contributed by atoms with Crippen LogP contribution < -0.4 is 11.3 Å². The lowest BCUT2D eigenvalue weighted by Crippen LogP contribution is -2.08. The summed E-state index contributed by atoms with van der Waals surface area (Å²) in [6.45, 7) is 0. The third kappa shape index (κ3) is 1.62. The molecule has 0 atom stereocenters. The molecule has 84 valence electrons. The van der Waals surface area contributed by atoms with Crippen molar-refractivity contribution in [2.24, 2.45) is 5.84 Å². The molecule has 0 spiro atoms. The van der Waals surface area contributed by atoms with Crippen molar-refractivity contribution in [1.82, 2.24) is 9.97 Å². The fourth-order valence-electron chi connectivity index (χ4n) is 1.72. The Morgan fingerprint density at radius 1 is 1.18 bits per heavy atom. The van der Waals surface area contributed by atoms with Crippen LogP contribution in [0.25, 0.3) is 22.4 Å². The molecule has 0 aliphatic carbocycles. The zero-order chi connectivity index (χ0) is 11.7. The van der Waals surface area contributed by atoms with Gasteiger partial charge in [0.25, 0.3) is 0 Å². The van der Waals surface area contributed by atoms with Gasteiger partial charge in [-0.15, -0.1) is 0 Å². The number of nitrogen functional groups attached to an aromatic ring is 1. The zero-order valence-electron chi connectivity index (χ0n) is 8.92. The molecule has 0 amide bonds. The van der Waals surface area contributed by atoms with Gasteiger partial charge in [-0.05, 0) is 6.07 Å². The maximum absolute atomic E-state index is 5.45. The second-order valence-electron chi connectivity index (χ2n) is 3.56. The van der Waals surface area contributed by atoms with Gasteiger partial charge in [-0.3, -0.25) is 0 Å². The van der Waals surface area contributed by atoms with E-state index in [0.717, 1.165) is 16.5 Å². The van der Waals surface area contributed by atoms with Crippen LogP contribution >= 0.6 is 0 Å². The standard InChI is InChI=1S/C12H10N4O/c13-16-11-5-6-14-12(15-11)9-7-17-10-4-2-1-3-8(9)10/h1-7H,13H2,(H,14,15,16). The number of rotatable bonds is 2. The van der Waals surface area contributed by atoms with Crippen molar-refractivity contribution in [3.63, 3.8) is 0 Å². The van der Waals surface area contributed by atoms with Crippen molar-refractivity contribution in [2.45, 2.75) is 0 Å². The minimum absolute atomic E-state index is 0.570. The maximum atomic E-state index is 5.45. The van der Waals surface area contributed by atoms with Gasteiger partial charge in [0.05, 0.1) is 5.56 Å². The van der Waals surface area contributed by atoms with E-state index in [4.69, 9.17) is 10.3 Å². The largest absolute Gasteiger partial charge is 0.464 e. The van der Waals surface area contributed by atoms with Crippen molar-refractivity contribution in [2.75, 3.05) is 5.43 Å². The fraction of sp³-hybridized carbons (Fsp3) is 0. The first-order valence-electron chi connectivity index (χ1n) is 5.15. The average molecular weight is 226 g/mol. The number of anilines is 1. The number of nitrogens with one attached hydrogen (secondary N) is 1. The predicted octanol–water partition coefficient (Wildman–Crippen LogP) is 2.18. The monoisotopic (exact) mass is 226 g/mol. The minimum Gasteiger partial charge on any atom is -0.464 e. The highest BCUT2D eigenvalue weighted by molar-refractivity contribution is 5.92. The Morgan fingerprint density at radius 2 is 2.06 bits per heavy atom. The smallest absolute Gasteiger partial charge is 0.165 e. The van der Waals surface area contributed by atoms with E-state index in [0.29, 0.717) is 11.6 Å². The van der Waals surface area contributed by atoms with Gasteiger partial charge in [-0.1, -0.05) is 18.2 Å². The van der Waals surface area contributed by atoms with E-state index in [1.807, 2.05) is 24.3 Å². The molecule has 5 nitrogen and oxygen atoms in total. The Bertz CT molecular complexity index is 662. The summed E-state index contributed by atoms with van der Waals surface area (Å²) in [6.07, 6.45) is 3.31. The summed E-state index contributed by atoms with van der Waals surface area (Å²) in [5.74, 6) is 6.48. The van der Waals surface area contributed by atoms with Crippen LogP contribution in [0.5, 0.6) is 0 Å². The Kier molecular flexibility index (Phi) is 2.23. The molecule has 0 fully saturated rings. The molecule has 3 N–H and O–H groups in total. The van der Waals surface area contributed by atoms with E-state index < -0.39 is 0 Å². The van der Waals surface area contributed by atoms with Crippen LogP contribution in [0.2, 0.25) is 0 Å². The molecule has 0 aliphatic heterocycles. The van der Waals surface area contributed by atoms with Crippen molar-refractivity contribution in [1.29, 1.82) is 0 Å². The maximum Gasteiger partial charge on any atom is 0.165 e. The highest BCUT2D eigenvalue weighted by atomic mass is 16.3. The lowest BCUT2D eigenvalue weighted by Gasteiger charge is -2.00. The summed E-state index contributed by atoms with van der Waals surface area (Å²) >= 11 is 0. The Labute approximate surface area is 97.3 Å². The number of fused-ring (bicyclic) bond motifs is 1. The normalized spacial score (nSPS) is 10.6. The van der Waals surface area contributed by atoms with Gasteiger partial charge in [-0.25, -0.2) is 15.8 Å². The molecule has 1 aromatic carbocycles. The Morgan fingerprint density at radius 3 is 2.94 bits per heavy atom. The van der Waals surface area contributed by atoms with Gasteiger partial charge in [0.1, 0.15) is 17.7 Å². The Balaban J connectivity index is 2.20. The predicted molar refractivity (Wildman–Crippen MR) is 65.1 cm³/mol. The molecule has 0 saturated heterocycles. The second kappa shape index (κ2) is 3.88. The molecule has 2 heterocycles. The molecule has 0 unspecified atom stereocenters. The number of hydrazine groups is 1. The third-order valence-electron chi connectivity index (χ3n) is 2.53. The molecule has 0 bridgehead atoms. The molecule has 5 heteroatoms. The summed E-state index contributed by atoms with van der Waals surface area (Å²) in [5, 5.41) is 0.988. The van der Waals surface area contributed by atoms with E-state index in [9.17, 15) is 0 Å². The number of nitrogens with two attached hydrogens (primary N) is 1. The molecule has 3 rings (SSSR count). The number of aromatic nitrogens is 2. The molecule has 0 saturated carbocycles. The first-order chi connectivity index (χ1) is 8.38. The van der Waals surface area contributed by atoms with E-state index in [1.54, 1.807) is 18.5 Å². The van der Waals surface area contributed by atoms with Crippen LogP contribution in [0, 0.1) is 0 Å². The number of hydrogen-bond donors (Lipinski definition) is 2. The van der Waals surface area contributed by atoms with Gasteiger partial charge < -0.3 is 9.84 Å². The van der Waals surface area contributed by atoms with Crippen LogP contribution in [0.3, 0.4) is 0 Å². The van der Waals surface area contributed by atoms with Crippen molar-refractivity contribution in [3.8, 4) is 11.4 Å². The first kappa shape index (κ1) is 9.80. The van der Waals surface area contributed by atoms with E-state index in [-0.39, 0.29) is 0 Å². The van der Waals surface area contributed by atoms with E-state index in [2.05, 4.69) is 15.4 Å². The molecule has 0 radical (unpaired) electrons. The number of benzene rings is 1. The first-order valence-corrected chi connectivity index (χ1v) is 5.15. The molecule has 0 aliphatic rings. The molecular formula is C12H10N4O. The van der Waals surface area contributed by atoms with Gasteiger partial charge in [-0.2, -0.15) is 0 Å². The third-order valence-corrected chi connectivity index (χ3v) is 2.53. The summed E-state index contributed by atoms with van der Waals surface area (Å²) in [7, 11) is 0. The van der Waals surface area contributed by atoms with E-state index >= 15 is 0 Å². The minimum atomic E-state index is 0.570. The van der Waals surface area contributed by atoms with Crippen LogP contribution in [-0.4, -0.2) is 9.97 Å². The quantitative estimate of drug-likeness (QED) is 0.517. The van der Waals surface area contributed by atoms with Gasteiger partial charge in [0.2, 0.25) is 0 Å². The van der Waals surface area contributed by atoms with Gasteiger partial charge >= 0.3 is 0 Å². The number of furan rings is 1. The van der Waals surface area contributed by atoms with E-state index in [1.165, 1.54) is 0 Å². The number of para-hydroxylation sites is 1. The molecule has 17 heavy (non-hydrogen) atoms. The highest BCUT2D eigenvalue weighted by Gasteiger charge is 2.10. The lowest BCUT2D eigenvalue weighted by molar-refractivity contribution is 0.616. The second-order valence-corrected chi connectivity index (χ2v) is 3.56. The van der Waals surface area contributed by atoms with Crippen LogP contribution in [0.4, 0.5) is 5.82 Å². The van der Waals surface area contributed by atoms with Crippen molar-refractivity contribution in [3.05, 3.63) is 42.8 Å². The topological polar surface area (TPSA) is 77.0 Å². The van der Waals surface area contributed by atoms with Crippen molar-refractivity contribution >= 4 is 16.8 Å². The number of hydrogen-bond acceptors (Lipinski definition) is 5. The zero-order valence-corrected chi connectivity index (χ0v) is 8.92. The van der Waals surface area contributed by atoms with Crippen LogP contribution in [0.15, 0.2) is 47.2 Å². The summed E-state index contributed by atoms with van der Waals surface area (Å²) in [4.78, 5) is 8.49. The SMILES string of the molecule is NNc1ccnc(-c2coc3ccccc23)n1.